The highest BCUT2D eigenvalue weighted by Gasteiger charge is 2.10. The van der Waals surface area contributed by atoms with Crippen molar-refractivity contribution >= 4 is 17.8 Å². The summed E-state index contributed by atoms with van der Waals surface area (Å²) >= 11 is 0. The maximum absolute atomic E-state index is 11.8. The summed E-state index contributed by atoms with van der Waals surface area (Å²) in [5.74, 6) is 0.271. The molecule has 2 aromatic rings. The molecule has 0 saturated heterocycles. The highest BCUT2D eigenvalue weighted by molar-refractivity contribution is 5.83. The molecule has 0 radical (unpaired) electrons. The van der Waals surface area contributed by atoms with Gasteiger partial charge in [0.15, 0.2) is 6.61 Å². The number of nitrogens with zero attached hydrogens (tertiary/aromatic N) is 2. The minimum absolute atomic E-state index is 0.0315. The largest absolute Gasteiger partial charge is 0.484 e. The fraction of sp³-hybridized carbons (Fsp3) is 0.263. The fourth-order valence-electron chi connectivity index (χ4n) is 2.88. The number of ether oxygens (including phenoxy) is 1. The molecule has 0 unspecified atom stereocenters. The van der Waals surface area contributed by atoms with Gasteiger partial charge in [-0.15, -0.1) is 0 Å². The van der Waals surface area contributed by atoms with Gasteiger partial charge >= 0.3 is 0 Å². The van der Waals surface area contributed by atoms with Crippen molar-refractivity contribution in [2.75, 3.05) is 6.61 Å². The zero-order valence-electron chi connectivity index (χ0n) is 14.2. The average molecular weight is 353 g/mol. The standard InChI is InChI=1S/C19H19N3O4/c23-19(21-20-12-14-4-3-7-17(10-14)22(24)25)13-26-18-9-8-15-5-1-2-6-16(15)11-18/h3-4,7-12H,1-2,5-6,13H2,(H,21,23)/b20-12+. The van der Waals surface area contributed by atoms with E-state index in [-0.39, 0.29) is 12.3 Å². The van der Waals surface area contributed by atoms with Crippen LogP contribution in [0.2, 0.25) is 0 Å². The number of carbonyl (C=O) groups is 1. The predicted octanol–water partition coefficient (Wildman–Crippen LogP) is 3.00. The SMILES string of the molecule is O=C(COc1ccc2c(c1)CCCC2)N/N=C/c1cccc([N+](=O)[O-])c1. The van der Waals surface area contributed by atoms with E-state index in [0.29, 0.717) is 11.3 Å². The number of nitro groups is 1. The number of hydrogen-bond donors (Lipinski definition) is 1. The summed E-state index contributed by atoms with van der Waals surface area (Å²) in [5.41, 5.74) is 5.49. The average Bonchev–Trinajstić information content (AvgIpc) is 2.66. The molecule has 0 spiro atoms. The van der Waals surface area contributed by atoms with Crippen molar-refractivity contribution in [3.8, 4) is 5.75 Å². The molecule has 2 aromatic carbocycles. The molecule has 1 N–H and O–H groups in total. The van der Waals surface area contributed by atoms with Crippen LogP contribution in [0, 0.1) is 10.1 Å². The van der Waals surface area contributed by atoms with Crippen LogP contribution in [0.5, 0.6) is 5.75 Å². The normalized spacial score (nSPS) is 13.2. The van der Waals surface area contributed by atoms with Crippen LogP contribution in [-0.2, 0) is 17.6 Å². The van der Waals surface area contributed by atoms with Crippen molar-refractivity contribution < 1.29 is 14.5 Å². The molecular weight excluding hydrogens is 334 g/mol. The monoisotopic (exact) mass is 353 g/mol. The molecule has 0 saturated carbocycles. The molecule has 0 atom stereocenters. The molecule has 0 fully saturated rings. The van der Waals surface area contributed by atoms with Gasteiger partial charge in [-0.05, 0) is 48.9 Å². The third kappa shape index (κ3) is 4.66. The van der Waals surface area contributed by atoms with Gasteiger partial charge in [-0.25, -0.2) is 5.43 Å². The molecule has 26 heavy (non-hydrogen) atoms. The number of amides is 1. The third-order valence-corrected chi connectivity index (χ3v) is 4.17. The first-order valence-corrected chi connectivity index (χ1v) is 8.43. The summed E-state index contributed by atoms with van der Waals surface area (Å²) in [5, 5.41) is 14.5. The van der Waals surface area contributed by atoms with E-state index in [2.05, 4.69) is 16.6 Å². The lowest BCUT2D eigenvalue weighted by Gasteiger charge is -2.16. The van der Waals surface area contributed by atoms with Crippen LogP contribution in [0.3, 0.4) is 0 Å². The summed E-state index contributed by atoms with van der Waals surface area (Å²) < 4.78 is 5.51. The zero-order valence-corrected chi connectivity index (χ0v) is 14.2. The van der Waals surface area contributed by atoms with Crippen LogP contribution < -0.4 is 10.2 Å². The molecule has 0 heterocycles. The fourth-order valence-corrected chi connectivity index (χ4v) is 2.88. The van der Waals surface area contributed by atoms with Gasteiger partial charge in [0.2, 0.25) is 0 Å². The third-order valence-electron chi connectivity index (χ3n) is 4.17. The van der Waals surface area contributed by atoms with E-state index in [1.54, 1.807) is 12.1 Å². The first kappa shape index (κ1) is 17.6. The smallest absolute Gasteiger partial charge is 0.277 e. The summed E-state index contributed by atoms with van der Waals surface area (Å²) in [6.07, 6.45) is 5.90. The number of carbonyl (C=O) groups excluding carboxylic acids is 1. The highest BCUT2D eigenvalue weighted by atomic mass is 16.6. The Morgan fingerprint density at radius 2 is 2.00 bits per heavy atom. The first-order chi connectivity index (χ1) is 12.6. The van der Waals surface area contributed by atoms with E-state index in [1.165, 1.54) is 42.3 Å². The van der Waals surface area contributed by atoms with E-state index < -0.39 is 10.8 Å². The van der Waals surface area contributed by atoms with Gasteiger partial charge in [-0.2, -0.15) is 5.10 Å². The van der Waals surface area contributed by atoms with Gasteiger partial charge < -0.3 is 4.74 Å². The molecule has 3 rings (SSSR count). The lowest BCUT2D eigenvalue weighted by molar-refractivity contribution is -0.384. The van der Waals surface area contributed by atoms with E-state index in [0.717, 1.165) is 12.8 Å². The Hall–Kier alpha value is -3.22. The second-order valence-electron chi connectivity index (χ2n) is 6.07. The van der Waals surface area contributed by atoms with Crippen LogP contribution in [-0.4, -0.2) is 23.7 Å². The van der Waals surface area contributed by atoms with Crippen molar-refractivity contribution in [2.45, 2.75) is 25.7 Å². The van der Waals surface area contributed by atoms with Crippen molar-refractivity contribution in [1.82, 2.24) is 5.43 Å². The molecule has 0 bridgehead atoms. The zero-order chi connectivity index (χ0) is 18.4. The van der Waals surface area contributed by atoms with E-state index >= 15 is 0 Å². The van der Waals surface area contributed by atoms with Gasteiger partial charge in [0, 0.05) is 17.7 Å². The van der Waals surface area contributed by atoms with Crippen LogP contribution in [0.1, 0.15) is 29.5 Å². The minimum atomic E-state index is -0.484. The molecule has 7 nitrogen and oxygen atoms in total. The molecule has 134 valence electrons. The van der Waals surface area contributed by atoms with E-state index in [4.69, 9.17) is 4.74 Å². The summed E-state index contributed by atoms with van der Waals surface area (Å²) in [6.45, 7) is -0.148. The maximum atomic E-state index is 11.8. The van der Waals surface area contributed by atoms with Crippen LogP contribution in [0.25, 0.3) is 0 Å². The maximum Gasteiger partial charge on any atom is 0.277 e. The molecule has 1 amide bonds. The van der Waals surface area contributed by atoms with Gasteiger partial charge in [0.25, 0.3) is 11.6 Å². The Kier molecular flexibility index (Phi) is 5.58. The lowest BCUT2D eigenvalue weighted by Crippen LogP contribution is -2.24. The second kappa shape index (κ2) is 8.24. The topological polar surface area (TPSA) is 93.8 Å². The van der Waals surface area contributed by atoms with E-state index in [1.807, 2.05) is 12.1 Å². The highest BCUT2D eigenvalue weighted by Crippen LogP contribution is 2.25. The summed E-state index contributed by atoms with van der Waals surface area (Å²) in [6, 6.07) is 11.9. The van der Waals surface area contributed by atoms with E-state index in [9.17, 15) is 14.9 Å². The van der Waals surface area contributed by atoms with Crippen molar-refractivity contribution in [2.24, 2.45) is 5.10 Å². The number of benzene rings is 2. The van der Waals surface area contributed by atoms with Crippen LogP contribution >= 0.6 is 0 Å². The van der Waals surface area contributed by atoms with Gasteiger partial charge in [0.05, 0.1) is 11.1 Å². The molecule has 0 aromatic heterocycles. The van der Waals surface area contributed by atoms with Crippen molar-refractivity contribution in [3.63, 3.8) is 0 Å². The van der Waals surface area contributed by atoms with Gasteiger partial charge in [-0.1, -0.05) is 18.2 Å². The Labute approximate surface area is 150 Å². The number of fused-ring (bicyclic) bond motifs is 1. The van der Waals surface area contributed by atoms with Crippen molar-refractivity contribution in [1.29, 1.82) is 0 Å². The first-order valence-electron chi connectivity index (χ1n) is 8.43. The van der Waals surface area contributed by atoms with Crippen LogP contribution in [0.15, 0.2) is 47.6 Å². The van der Waals surface area contributed by atoms with Crippen molar-refractivity contribution in [3.05, 3.63) is 69.3 Å². The molecular formula is C19H19N3O4. The minimum Gasteiger partial charge on any atom is -0.484 e. The van der Waals surface area contributed by atoms with Crippen LogP contribution in [0.4, 0.5) is 5.69 Å². The number of hydrazone groups is 1. The van der Waals surface area contributed by atoms with Gasteiger partial charge in [-0.3, -0.25) is 14.9 Å². The number of hydrogen-bond acceptors (Lipinski definition) is 5. The number of rotatable bonds is 6. The molecule has 0 aliphatic heterocycles. The number of nitrogens with one attached hydrogen (secondary N) is 1. The lowest BCUT2D eigenvalue weighted by atomic mass is 9.92. The summed E-state index contributed by atoms with van der Waals surface area (Å²) in [7, 11) is 0. The quantitative estimate of drug-likeness (QED) is 0.491. The number of non-ortho nitro benzene ring substituents is 1. The predicted molar refractivity (Wildman–Crippen MR) is 97.4 cm³/mol. The Balaban J connectivity index is 1.50. The Morgan fingerprint density at radius 1 is 1.19 bits per heavy atom. The Morgan fingerprint density at radius 3 is 2.81 bits per heavy atom. The van der Waals surface area contributed by atoms with Gasteiger partial charge in [0.1, 0.15) is 5.75 Å². The number of nitro benzene ring substituents is 1. The molecule has 7 heteroatoms. The second-order valence-corrected chi connectivity index (χ2v) is 6.07. The molecule has 1 aliphatic rings. The number of aryl methyl sites for hydroxylation is 2. The molecule has 1 aliphatic carbocycles. The Bertz CT molecular complexity index is 848. The summed E-state index contributed by atoms with van der Waals surface area (Å²) in [4.78, 5) is 22.0.